The van der Waals surface area contributed by atoms with Gasteiger partial charge in [0.25, 0.3) is 5.91 Å². The molecule has 0 saturated heterocycles. The molecule has 0 radical (unpaired) electrons. The highest BCUT2D eigenvalue weighted by atomic mass is 79.9. The minimum absolute atomic E-state index is 0.0918. The van der Waals surface area contributed by atoms with E-state index in [-0.39, 0.29) is 5.69 Å². The van der Waals surface area contributed by atoms with Crippen LogP contribution in [0.25, 0.3) is 0 Å². The quantitative estimate of drug-likeness (QED) is 0.771. The summed E-state index contributed by atoms with van der Waals surface area (Å²) in [5.41, 5.74) is -1.08. The third-order valence-electron chi connectivity index (χ3n) is 2.76. The molecular weight excluding hydrogens is 382 g/mol. The van der Waals surface area contributed by atoms with Gasteiger partial charge in [-0.15, -0.1) is 0 Å². The number of carbonyl (C=O) groups is 1. The van der Waals surface area contributed by atoms with Crippen molar-refractivity contribution < 1.29 is 27.1 Å². The van der Waals surface area contributed by atoms with E-state index in [0.717, 1.165) is 18.2 Å². The molecule has 0 spiro atoms. The largest absolute Gasteiger partial charge is 0.483 e. The Kier molecular flexibility index (Phi) is 5.25. The molecule has 8 heteroatoms. The number of ether oxygens (including phenoxy) is 1. The van der Waals surface area contributed by atoms with Gasteiger partial charge in [-0.1, -0.05) is 28.1 Å². The number of benzene rings is 2. The number of carbonyl (C=O) groups excluding carboxylic acids is 1. The number of hydrogen-bond acceptors (Lipinski definition) is 2. The van der Waals surface area contributed by atoms with Gasteiger partial charge in [0.1, 0.15) is 11.6 Å². The summed E-state index contributed by atoms with van der Waals surface area (Å²) in [6.07, 6.45) is -4.59. The standard InChI is InChI=1S/C15H10BrF4NO2/c16-9-5-6-12(11(17)7-9)21-14(22)8-23-13-4-2-1-3-10(13)15(18,19)20/h1-7H,8H2,(H,21,22). The molecule has 1 N–H and O–H groups in total. The first kappa shape index (κ1) is 17.3. The molecule has 2 aromatic carbocycles. The van der Waals surface area contributed by atoms with Crippen LogP contribution in [0.2, 0.25) is 0 Å². The number of amides is 1. The zero-order chi connectivity index (χ0) is 17.0. The van der Waals surface area contributed by atoms with Crippen molar-refractivity contribution in [2.24, 2.45) is 0 Å². The first-order chi connectivity index (χ1) is 10.8. The van der Waals surface area contributed by atoms with Crippen molar-refractivity contribution in [1.82, 2.24) is 0 Å². The maximum Gasteiger partial charge on any atom is 0.419 e. The minimum Gasteiger partial charge on any atom is -0.483 e. The van der Waals surface area contributed by atoms with Crippen LogP contribution >= 0.6 is 15.9 Å². The fourth-order valence-corrected chi connectivity index (χ4v) is 2.08. The fraction of sp³-hybridized carbons (Fsp3) is 0.133. The average Bonchev–Trinajstić information content (AvgIpc) is 2.47. The molecule has 3 nitrogen and oxygen atoms in total. The molecule has 0 aliphatic carbocycles. The predicted molar refractivity (Wildman–Crippen MR) is 79.7 cm³/mol. The Hall–Kier alpha value is -2.09. The number of para-hydroxylation sites is 1. The van der Waals surface area contributed by atoms with Crippen LogP contribution in [0.5, 0.6) is 5.75 Å². The van der Waals surface area contributed by atoms with Crippen LogP contribution in [0.4, 0.5) is 23.2 Å². The van der Waals surface area contributed by atoms with Crippen molar-refractivity contribution in [3.05, 3.63) is 58.3 Å². The maximum atomic E-state index is 13.6. The van der Waals surface area contributed by atoms with Crippen LogP contribution in [0.1, 0.15) is 5.56 Å². The zero-order valence-electron chi connectivity index (χ0n) is 11.5. The Morgan fingerprint density at radius 1 is 1.17 bits per heavy atom. The molecular formula is C15H10BrF4NO2. The Balaban J connectivity index is 2.03. The molecule has 0 fully saturated rings. The van der Waals surface area contributed by atoms with Gasteiger partial charge in [-0.05, 0) is 30.3 Å². The Morgan fingerprint density at radius 2 is 1.87 bits per heavy atom. The van der Waals surface area contributed by atoms with Gasteiger partial charge >= 0.3 is 6.18 Å². The topological polar surface area (TPSA) is 38.3 Å². The highest BCUT2D eigenvalue weighted by Crippen LogP contribution is 2.35. The summed E-state index contributed by atoms with van der Waals surface area (Å²) < 4.78 is 57.3. The van der Waals surface area contributed by atoms with Crippen LogP contribution in [0, 0.1) is 5.82 Å². The summed E-state index contributed by atoms with van der Waals surface area (Å²) in [6.45, 7) is -0.678. The van der Waals surface area contributed by atoms with Crippen molar-refractivity contribution in [1.29, 1.82) is 0 Å². The smallest absolute Gasteiger partial charge is 0.419 e. The van der Waals surface area contributed by atoms with Gasteiger partial charge in [0.05, 0.1) is 11.3 Å². The zero-order valence-corrected chi connectivity index (χ0v) is 13.0. The van der Waals surface area contributed by atoms with Gasteiger partial charge in [-0.3, -0.25) is 4.79 Å². The molecule has 23 heavy (non-hydrogen) atoms. The van der Waals surface area contributed by atoms with E-state index in [1.807, 2.05) is 0 Å². The fourth-order valence-electron chi connectivity index (χ4n) is 1.75. The first-order valence-electron chi connectivity index (χ1n) is 6.31. The molecule has 2 aromatic rings. The molecule has 2 rings (SSSR count). The molecule has 0 aliphatic heterocycles. The summed E-state index contributed by atoms with van der Waals surface area (Å²) in [4.78, 5) is 11.7. The number of anilines is 1. The van der Waals surface area contributed by atoms with Crippen LogP contribution in [0.3, 0.4) is 0 Å². The van der Waals surface area contributed by atoms with Crippen molar-refractivity contribution in [3.63, 3.8) is 0 Å². The van der Waals surface area contributed by atoms with E-state index in [1.165, 1.54) is 24.3 Å². The van der Waals surface area contributed by atoms with Gasteiger partial charge in [-0.25, -0.2) is 4.39 Å². The molecule has 0 heterocycles. The highest BCUT2D eigenvalue weighted by Gasteiger charge is 2.34. The normalized spacial score (nSPS) is 11.2. The van der Waals surface area contributed by atoms with E-state index in [1.54, 1.807) is 0 Å². The number of halogens is 5. The molecule has 1 amide bonds. The number of rotatable bonds is 4. The molecule has 0 unspecified atom stereocenters. The monoisotopic (exact) mass is 391 g/mol. The van der Waals surface area contributed by atoms with Gasteiger partial charge in [0.15, 0.2) is 6.61 Å². The maximum absolute atomic E-state index is 13.6. The lowest BCUT2D eigenvalue weighted by molar-refractivity contribution is -0.139. The summed E-state index contributed by atoms with van der Waals surface area (Å²) >= 11 is 3.07. The lowest BCUT2D eigenvalue weighted by Gasteiger charge is -2.13. The van der Waals surface area contributed by atoms with E-state index in [4.69, 9.17) is 4.74 Å². The summed E-state index contributed by atoms with van der Waals surface area (Å²) in [5, 5.41) is 2.22. The number of hydrogen-bond donors (Lipinski definition) is 1. The van der Waals surface area contributed by atoms with Crippen molar-refractivity contribution in [2.45, 2.75) is 6.18 Å². The van der Waals surface area contributed by atoms with E-state index in [0.29, 0.717) is 4.47 Å². The van der Waals surface area contributed by atoms with Gasteiger partial charge in [-0.2, -0.15) is 13.2 Å². The van der Waals surface area contributed by atoms with Crippen LogP contribution in [0.15, 0.2) is 46.9 Å². The summed E-state index contributed by atoms with van der Waals surface area (Å²) in [5.74, 6) is -1.92. The average molecular weight is 392 g/mol. The molecule has 0 saturated carbocycles. The lowest BCUT2D eigenvalue weighted by Crippen LogP contribution is -2.21. The van der Waals surface area contributed by atoms with E-state index < -0.39 is 35.8 Å². The first-order valence-corrected chi connectivity index (χ1v) is 7.10. The minimum atomic E-state index is -4.59. The Bertz CT molecular complexity index is 719. The molecule has 0 aliphatic rings. The second-order valence-electron chi connectivity index (χ2n) is 4.45. The second-order valence-corrected chi connectivity index (χ2v) is 5.37. The van der Waals surface area contributed by atoms with Gasteiger partial charge in [0.2, 0.25) is 0 Å². The molecule has 0 atom stereocenters. The van der Waals surface area contributed by atoms with Gasteiger partial charge in [0, 0.05) is 4.47 Å². The third-order valence-corrected chi connectivity index (χ3v) is 3.25. The van der Waals surface area contributed by atoms with Crippen LogP contribution in [-0.2, 0) is 11.0 Å². The summed E-state index contributed by atoms with van der Waals surface area (Å²) in [6, 6.07) is 8.51. The SMILES string of the molecule is O=C(COc1ccccc1C(F)(F)F)Nc1ccc(Br)cc1F. The Morgan fingerprint density at radius 3 is 2.52 bits per heavy atom. The predicted octanol–water partition coefficient (Wildman–Crippen LogP) is 4.62. The van der Waals surface area contributed by atoms with Crippen LogP contribution in [-0.4, -0.2) is 12.5 Å². The van der Waals surface area contributed by atoms with Crippen molar-refractivity contribution >= 4 is 27.5 Å². The van der Waals surface area contributed by atoms with E-state index in [2.05, 4.69) is 21.2 Å². The molecule has 0 aromatic heterocycles. The number of alkyl halides is 3. The van der Waals surface area contributed by atoms with E-state index >= 15 is 0 Å². The van der Waals surface area contributed by atoms with Crippen LogP contribution < -0.4 is 10.1 Å². The summed E-state index contributed by atoms with van der Waals surface area (Å²) in [7, 11) is 0. The van der Waals surface area contributed by atoms with Gasteiger partial charge < -0.3 is 10.1 Å². The Labute approximate surface area is 137 Å². The van der Waals surface area contributed by atoms with Crippen molar-refractivity contribution in [3.8, 4) is 5.75 Å². The third kappa shape index (κ3) is 4.69. The molecule has 0 bridgehead atoms. The number of nitrogens with one attached hydrogen (secondary N) is 1. The van der Waals surface area contributed by atoms with Crippen molar-refractivity contribution in [2.75, 3.05) is 11.9 Å². The lowest BCUT2D eigenvalue weighted by atomic mass is 10.2. The second kappa shape index (κ2) is 6.99. The van der Waals surface area contributed by atoms with E-state index in [9.17, 15) is 22.4 Å². The molecule has 122 valence electrons. The highest BCUT2D eigenvalue weighted by molar-refractivity contribution is 9.10.